The van der Waals surface area contributed by atoms with Gasteiger partial charge in [-0.15, -0.1) is 22.4 Å². The average Bonchev–Trinajstić information content (AvgIpc) is 1.95. The minimum absolute atomic E-state index is 0. The van der Waals surface area contributed by atoms with Gasteiger partial charge in [-0.25, -0.2) is 0 Å². The van der Waals surface area contributed by atoms with E-state index in [1.165, 1.54) is 0 Å². The van der Waals surface area contributed by atoms with E-state index in [0.29, 0.717) is 6.42 Å². The van der Waals surface area contributed by atoms with Gasteiger partial charge < -0.3 is 4.79 Å². The van der Waals surface area contributed by atoms with E-state index < -0.39 is 0 Å². The molecule has 55 valence electrons. The first kappa shape index (κ1) is 11.8. The molecule has 0 saturated carbocycles. The fourth-order valence-electron chi connectivity index (χ4n) is 0.626. The van der Waals surface area contributed by atoms with E-state index in [4.69, 9.17) is 0 Å². The second-order valence-electron chi connectivity index (χ2n) is 1.85. The molecule has 0 amide bonds. The molecule has 0 aliphatic carbocycles. The van der Waals surface area contributed by atoms with Gasteiger partial charge >= 0.3 is 0 Å². The Bertz CT molecular complexity index is 220. The molecule has 11 heavy (non-hydrogen) atoms. The van der Waals surface area contributed by atoms with Crippen LogP contribution in [0.5, 0.6) is 0 Å². The molecule has 0 aliphatic rings. The maximum atomic E-state index is 9.90. The fourth-order valence-corrected chi connectivity index (χ4v) is 0.872. The van der Waals surface area contributed by atoms with Crippen molar-refractivity contribution in [2.45, 2.75) is 6.42 Å². The third-order valence-corrected chi connectivity index (χ3v) is 1.60. The summed E-state index contributed by atoms with van der Waals surface area (Å²) in [7, 11) is 0. The fraction of sp³-hybridized carbons (Fsp3) is 0.125. The molecule has 0 saturated heterocycles. The molecule has 1 aromatic carbocycles. The molecule has 1 aromatic rings. The maximum Gasteiger partial charge on any atom is 0 e. The Labute approximate surface area is 110 Å². The molecule has 0 unspecified atom stereocenters. The molecular formula is C8H5AcBrO-2. The predicted octanol–water partition coefficient (Wildman–Crippen LogP) is 1.90. The van der Waals surface area contributed by atoms with Crippen LogP contribution in [0.4, 0.5) is 0 Å². The van der Waals surface area contributed by atoms with Crippen molar-refractivity contribution in [3.63, 3.8) is 0 Å². The van der Waals surface area contributed by atoms with Gasteiger partial charge in [0.1, 0.15) is 0 Å². The van der Waals surface area contributed by atoms with Crippen molar-refractivity contribution in [2.75, 3.05) is 0 Å². The monoisotopic (exact) mass is 423 g/mol. The minimum Gasteiger partial charge on any atom is -0.542 e. The third kappa shape index (κ3) is 4.40. The molecule has 1 nitrogen and oxygen atoms in total. The van der Waals surface area contributed by atoms with Crippen LogP contribution in [0.25, 0.3) is 0 Å². The molecule has 0 bridgehead atoms. The van der Waals surface area contributed by atoms with Crippen LogP contribution in [0, 0.1) is 50.1 Å². The van der Waals surface area contributed by atoms with Gasteiger partial charge in [-0.1, -0.05) is 4.47 Å². The predicted molar refractivity (Wildman–Crippen MR) is 42.4 cm³/mol. The summed E-state index contributed by atoms with van der Waals surface area (Å²) < 4.78 is 0.974. The van der Waals surface area contributed by atoms with Crippen LogP contribution in [0.15, 0.2) is 22.7 Å². The summed E-state index contributed by atoms with van der Waals surface area (Å²) in [5.74, 6) is 0. The minimum atomic E-state index is 0. The Morgan fingerprint density at radius 1 is 1.55 bits per heavy atom. The summed E-state index contributed by atoms with van der Waals surface area (Å²) in [5, 5.41) is 0. The molecule has 0 aliphatic heterocycles. The third-order valence-electron chi connectivity index (χ3n) is 1.10. The van der Waals surface area contributed by atoms with Crippen LogP contribution >= 0.6 is 15.9 Å². The van der Waals surface area contributed by atoms with Gasteiger partial charge in [0.2, 0.25) is 0 Å². The maximum absolute atomic E-state index is 9.90. The molecule has 3 heteroatoms. The zero-order chi connectivity index (χ0) is 7.40. The van der Waals surface area contributed by atoms with E-state index in [1.807, 2.05) is 12.1 Å². The Hall–Kier alpha value is 0.812. The first-order valence-electron chi connectivity index (χ1n) is 2.84. The van der Waals surface area contributed by atoms with Gasteiger partial charge in [-0.2, -0.15) is 29.8 Å². The molecule has 0 aromatic heterocycles. The van der Waals surface area contributed by atoms with E-state index in [2.05, 4.69) is 22.0 Å². The summed E-state index contributed by atoms with van der Waals surface area (Å²) in [6.07, 6.45) is 2.13. The van der Waals surface area contributed by atoms with Crippen LogP contribution in [0.1, 0.15) is 5.56 Å². The van der Waals surface area contributed by atoms with E-state index in [1.54, 1.807) is 12.4 Å². The van der Waals surface area contributed by atoms with Gasteiger partial charge in [0.15, 0.2) is 0 Å². The first-order valence-corrected chi connectivity index (χ1v) is 3.63. The molecule has 0 fully saturated rings. The van der Waals surface area contributed by atoms with Crippen molar-refractivity contribution < 1.29 is 48.9 Å². The van der Waals surface area contributed by atoms with Crippen molar-refractivity contribution >= 4 is 22.2 Å². The Morgan fingerprint density at radius 2 is 2.27 bits per heavy atom. The smallest absolute Gasteiger partial charge is 0 e. The van der Waals surface area contributed by atoms with Crippen molar-refractivity contribution in [1.82, 2.24) is 0 Å². The van der Waals surface area contributed by atoms with Gasteiger partial charge in [-0.3, -0.25) is 6.29 Å². The number of benzene rings is 1. The van der Waals surface area contributed by atoms with Crippen molar-refractivity contribution in [3.8, 4) is 0 Å². The van der Waals surface area contributed by atoms with E-state index in [9.17, 15) is 4.79 Å². The molecule has 0 spiro atoms. The number of hydrogen-bond acceptors (Lipinski definition) is 1. The zero-order valence-corrected chi connectivity index (χ0v) is 12.1. The van der Waals surface area contributed by atoms with Crippen molar-refractivity contribution in [1.29, 1.82) is 0 Å². The average molecular weight is 424 g/mol. The number of rotatable bonds is 2. The number of hydrogen-bond donors (Lipinski definition) is 0. The quantitative estimate of drug-likeness (QED) is 0.664. The molecule has 0 atom stereocenters. The van der Waals surface area contributed by atoms with Crippen LogP contribution in [-0.4, -0.2) is 6.29 Å². The summed E-state index contributed by atoms with van der Waals surface area (Å²) >= 11 is 3.27. The van der Waals surface area contributed by atoms with E-state index in [0.717, 1.165) is 10.0 Å². The molecule has 0 heterocycles. The SMILES string of the molecule is O=[C-]Cc1[c-]cc(Br)cc1.[Ac]. The van der Waals surface area contributed by atoms with Crippen molar-refractivity contribution in [2.24, 2.45) is 0 Å². The van der Waals surface area contributed by atoms with E-state index in [-0.39, 0.29) is 44.1 Å². The number of halogens is 1. The largest absolute Gasteiger partial charge is 0.542 e. The molecule has 0 N–H and O–H groups in total. The van der Waals surface area contributed by atoms with Crippen LogP contribution in [0.3, 0.4) is 0 Å². The Balaban J connectivity index is 0.000001000. The first-order chi connectivity index (χ1) is 4.83. The van der Waals surface area contributed by atoms with Gasteiger partial charge in [-0.05, 0) is 0 Å². The Kier molecular flexibility index (Phi) is 6.81. The standard InChI is InChI=1S/C8H5BrO.Ac/c9-8-3-1-7(2-4-8)5-6-10;/h1,3-4H,5H2;/q-2;. The van der Waals surface area contributed by atoms with Crippen molar-refractivity contribution in [3.05, 3.63) is 34.3 Å². The van der Waals surface area contributed by atoms with Crippen LogP contribution in [-0.2, 0) is 11.2 Å². The normalized spacial score (nSPS) is 8.45. The van der Waals surface area contributed by atoms with Gasteiger partial charge in [0.25, 0.3) is 0 Å². The topological polar surface area (TPSA) is 17.1 Å². The summed E-state index contributed by atoms with van der Waals surface area (Å²) in [6, 6.07) is 8.43. The molecule has 1 rings (SSSR count). The summed E-state index contributed by atoms with van der Waals surface area (Å²) in [6.45, 7) is 0. The van der Waals surface area contributed by atoms with Gasteiger partial charge in [0.05, 0.1) is 0 Å². The zero-order valence-electron chi connectivity index (χ0n) is 5.80. The molecule has 1 radical (unpaired) electrons. The van der Waals surface area contributed by atoms with Crippen LogP contribution < -0.4 is 0 Å². The van der Waals surface area contributed by atoms with E-state index >= 15 is 0 Å². The second kappa shape index (κ2) is 6.34. The Morgan fingerprint density at radius 3 is 2.73 bits per heavy atom. The van der Waals surface area contributed by atoms with Gasteiger partial charge in [0, 0.05) is 44.1 Å². The second-order valence-corrected chi connectivity index (χ2v) is 2.77. The summed E-state index contributed by atoms with van der Waals surface area (Å²) in [4.78, 5) is 9.90. The number of carbonyl (C=O) groups excluding carboxylic acids is 1. The molecular weight excluding hydrogens is 419 g/mol. The van der Waals surface area contributed by atoms with Crippen LogP contribution in [0.2, 0.25) is 0 Å². The summed E-state index contributed by atoms with van der Waals surface area (Å²) in [5.41, 5.74) is 0.873.